The van der Waals surface area contributed by atoms with Crippen molar-refractivity contribution in [2.24, 2.45) is 0 Å². The van der Waals surface area contributed by atoms with Gasteiger partial charge in [-0.1, -0.05) is 15.9 Å². The molecule has 0 fully saturated rings. The van der Waals surface area contributed by atoms with E-state index in [1.54, 1.807) is 6.20 Å². The predicted molar refractivity (Wildman–Crippen MR) is 63.5 cm³/mol. The van der Waals surface area contributed by atoms with E-state index in [0.29, 0.717) is 6.42 Å². The van der Waals surface area contributed by atoms with Gasteiger partial charge < -0.3 is 0 Å². The number of carbonyl (C=O) groups excluding carboxylic acids is 1. The smallest absolute Gasteiger partial charge is 0.165 e. The second-order valence-corrected chi connectivity index (χ2v) is 4.78. The number of hydrogen-bond donors (Lipinski definition) is 0. The number of hydrogen-bond acceptors (Lipinski definition) is 2. The number of benzene rings is 1. The van der Waals surface area contributed by atoms with Crippen LogP contribution in [0.1, 0.15) is 28.4 Å². The van der Waals surface area contributed by atoms with Crippen LogP contribution in [0.3, 0.4) is 0 Å². The van der Waals surface area contributed by atoms with Gasteiger partial charge in [0, 0.05) is 28.9 Å². The maximum absolute atomic E-state index is 11.8. The minimum atomic E-state index is 0.0509. The Balaban J connectivity index is 2.14. The van der Waals surface area contributed by atoms with E-state index in [-0.39, 0.29) is 11.8 Å². The zero-order valence-electron chi connectivity index (χ0n) is 8.43. The Morgan fingerprint density at radius 2 is 2.31 bits per heavy atom. The minimum absolute atomic E-state index is 0.0509. The molecule has 1 atom stereocenters. The lowest BCUT2D eigenvalue weighted by molar-refractivity contribution is 0.0985. The Hall–Kier alpha value is -1.42. The normalized spacial score (nSPS) is 18.8. The Kier molecular flexibility index (Phi) is 2.17. The summed E-state index contributed by atoms with van der Waals surface area (Å²) in [6.07, 6.45) is 4.14. The topological polar surface area (TPSA) is 34.9 Å². The molecule has 0 aliphatic heterocycles. The minimum Gasteiger partial charge on any atom is -0.294 e. The highest BCUT2D eigenvalue weighted by molar-refractivity contribution is 9.10. The molecule has 1 unspecified atom stereocenters. The van der Waals surface area contributed by atoms with Crippen molar-refractivity contribution in [3.63, 3.8) is 0 Å². The van der Waals surface area contributed by atoms with Crippen LogP contribution in [0, 0.1) is 0 Å². The molecule has 16 heavy (non-hydrogen) atoms. The van der Waals surface area contributed by atoms with E-state index in [4.69, 9.17) is 0 Å². The van der Waals surface area contributed by atoms with Gasteiger partial charge in [0.15, 0.2) is 5.78 Å². The molecule has 0 saturated heterocycles. The SMILES string of the molecule is O=C1CC(n2cccn2)c2cc(Br)ccc21. The molecule has 0 bridgehead atoms. The molecule has 0 spiro atoms. The van der Waals surface area contributed by atoms with Gasteiger partial charge in [0.1, 0.15) is 0 Å². The average molecular weight is 277 g/mol. The van der Waals surface area contributed by atoms with E-state index in [1.165, 1.54) is 0 Å². The van der Waals surface area contributed by atoms with Crippen LogP contribution >= 0.6 is 15.9 Å². The fourth-order valence-corrected chi connectivity index (χ4v) is 2.54. The Morgan fingerprint density at radius 3 is 3.06 bits per heavy atom. The van der Waals surface area contributed by atoms with Crippen molar-refractivity contribution in [3.05, 3.63) is 52.3 Å². The third-order valence-electron chi connectivity index (χ3n) is 2.90. The molecular weight excluding hydrogens is 268 g/mol. The van der Waals surface area contributed by atoms with Crippen LogP contribution in [0.2, 0.25) is 0 Å². The van der Waals surface area contributed by atoms with E-state index in [1.807, 2.05) is 35.1 Å². The van der Waals surface area contributed by atoms with Crippen LogP contribution in [0.25, 0.3) is 0 Å². The maximum Gasteiger partial charge on any atom is 0.165 e. The van der Waals surface area contributed by atoms with E-state index in [2.05, 4.69) is 21.0 Å². The number of rotatable bonds is 1. The molecule has 1 aromatic heterocycles. The summed E-state index contributed by atoms with van der Waals surface area (Å²) < 4.78 is 2.84. The van der Waals surface area contributed by atoms with Crippen LogP contribution in [0.4, 0.5) is 0 Å². The van der Waals surface area contributed by atoms with Gasteiger partial charge in [-0.15, -0.1) is 0 Å². The summed E-state index contributed by atoms with van der Waals surface area (Å²) in [6.45, 7) is 0. The monoisotopic (exact) mass is 276 g/mol. The Bertz CT molecular complexity index is 548. The van der Waals surface area contributed by atoms with E-state index in [9.17, 15) is 4.79 Å². The first-order chi connectivity index (χ1) is 7.75. The lowest BCUT2D eigenvalue weighted by Crippen LogP contribution is -2.07. The van der Waals surface area contributed by atoms with E-state index < -0.39 is 0 Å². The molecular formula is C12H9BrN2O. The average Bonchev–Trinajstić information content (AvgIpc) is 2.86. The van der Waals surface area contributed by atoms with Crippen molar-refractivity contribution >= 4 is 21.7 Å². The molecule has 3 rings (SSSR count). The first-order valence-corrected chi connectivity index (χ1v) is 5.87. The van der Waals surface area contributed by atoms with Gasteiger partial charge in [0.2, 0.25) is 0 Å². The van der Waals surface area contributed by atoms with Crippen molar-refractivity contribution in [2.45, 2.75) is 12.5 Å². The predicted octanol–water partition coefficient (Wildman–Crippen LogP) is 2.82. The third-order valence-corrected chi connectivity index (χ3v) is 3.39. The van der Waals surface area contributed by atoms with Crippen molar-refractivity contribution in [1.29, 1.82) is 0 Å². The second kappa shape index (κ2) is 3.56. The number of carbonyl (C=O) groups is 1. The number of Topliss-reactive ketones (excluding diaryl/α,β-unsaturated/α-hetero) is 1. The molecule has 0 N–H and O–H groups in total. The van der Waals surface area contributed by atoms with Gasteiger partial charge >= 0.3 is 0 Å². The van der Waals surface area contributed by atoms with Gasteiger partial charge in [0.05, 0.1) is 6.04 Å². The molecule has 1 aliphatic carbocycles. The van der Waals surface area contributed by atoms with Crippen molar-refractivity contribution in [3.8, 4) is 0 Å². The number of nitrogens with zero attached hydrogens (tertiary/aromatic N) is 2. The van der Waals surface area contributed by atoms with Crippen LogP contribution in [-0.4, -0.2) is 15.6 Å². The number of halogens is 1. The maximum atomic E-state index is 11.8. The summed E-state index contributed by atoms with van der Waals surface area (Å²) in [7, 11) is 0. The van der Waals surface area contributed by atoms with Crippen molar-refractivity contribution in [1.82, 2.24) is 9.78 Å². The van der Waals surface area contributed by atoms with Crippen LogP contribution < -0.4 is 0 Å². The van der Waals surface area contributed by atoms with E-state index >= 15 is 0 Å². The first kappa shape index (κ1) is 9.78. The lowest BCUT2D eigenvalue weighted by atomic mass is 10.1. The molecule has 3 nitrogen and oxygen atoms in total. The Labute approximate surface area is 101 Å². The number of aromatic nitrogens is 2. The summed E-state index contributed by atoms with van der Waals surface area (Å²) in [5.41, 5.74) is 1.88. The molecule has 1 heterocycles. The molecule has 80 valence electrons. The lowest BCUT2D eigenvalue weighted by Gasteiger charge is -2.11. The third kappa shape index (κ3) is 1.41. The summed E-state index contributed by atoms with van der Waals surface area (Å²) in [4.78, 5) is 11.8. The second-order valence-electron chi connectivity index (χ2n) is 3.86. The highest BCUT2D eigenvalue weighted by Gasteiger charge is 2.30. The fourth-order valence-electron chi connectivity index (χ4n) is 2.16. The van der Waals surface area contributed by atoms with Gasteiger partial charge in [-0.05, 0) is 29.8 Å². The zero-order chi connectivity index (χ0) is 11.1. The summed E-state index contributed by atoms with van der Waals surface area (Å²) in [5.74, 6) is 0.197. The number of ketones is 1. The van der Waals surface area contributed by atoms with Crippen LogP contribution in [0.15, 0.2) is 41.1 Å². The highest BCUT2D eigenvalue weighted by atomic mass is 79.9. The van der Waals surface area contributed by atoms with Crippen molar-refractivity contribution < 1.29 is 4.79 Å². The van der Waals surface area contributed by atoms with Gasteiger partial charge in [-0.25, -0.2) is 0 Å². The molecule has 0 radical (unpaired) electrons. The summed E-state index contributed by atoms with van der Waals surface area (Å²) in [5, 5.41) is 4.21. The van der Waals surface area contributed by atoms with Gasteiger partial charge in [-0.2, -0.15) is 5.10 Å². The first-order valence-electron chi connectivity index (χ1n) is 5.07. The van der Waals surface area contributed by atoms with Crippen LogP contribution in [0.5, 0.6) is 0 Å². The zero-order valence-corrected chi connectivity index (χ0v) is 10.0. The largest absolute Gasteiger partial charge is 0.294 e. The van der Waals surface area contributed by atoms with Crippen LogP contribution in [-0.2, 0) is 0 Å². The molecule has 0 amide bonds. The fraction of sp³-hybridized carbons (Fsp3) is 0.167. The molecule has 1 aliphatic rings. The van der Waals surface area contributed by atoms with Gasteiger partial charge in [0.25, 0.3) is 0 Å². The quantitative estimate of drug-likeness (QED) is 0.803. The molecule has 4 heteroatoms. The number of fused-ring (bicyclic) bond motifs is 1. The highest BCUT2D eigenvalue weighted by Crippen LogP contribution is 2.35. The van der Waals surface area contributed by atoms with Gasteiger partial charge in [-0.3, -0.25) is 9.48 Å². The Morgan fingerprint density at radius 1 is 1.44 bits per heavy atom. The van der Waals surface area contributed by atoms with E-state index in [0.717, 1.165) is 15.6 Å². The molecule has 2 aromatic rings. The summed E-state index contributed by atoms with van der Waals surface area (Å²) >= 11 is 3.43. The molecule has 0 saturated carbocycles. The standard InChI is InChI=1S/C12H9BrN2O/c13-8-2-3-9-10(6-8)11(7-12(9)16)15-5-1-4-14-15/h1-6,11H,7H2. The molecule has 1 aromatic carbocycles. The summed E-state index contributed by atoms with van der Waals surface area (Å²) in [6, 6.07) is 7.72. The van der Waals surface area contributed by atoms with Crippen molar-refractivity contribution in [2.75, 3.05) is 0 Å².